The van der Waals surface area contributed by atoms with Crippen LogP contribution < -0.4 is 4.74 Å². The molecule has 0 aromatic heterocycles. The van der Waals surface area contributed by atoms with Gasteiger partial charge in [-0.1, -0.05) is 24.3 Å². The van der Waals surface area contributed by atoms with E-state index < -0.39 is 0 Å². The smallest absolute Gasteiger partial charge is 0.144 e. The Bertz CT molecular complexity index is 488. The van der Waals surface area contributed by atoms with Crippen molar-refractivity contribution in [2.24, 2.45) is 5.92 Å². The van der Waals surface area contributed by atoms with Gasteiger partial charge in [0, 0.05) is 6.42 Å². The molecule has 0 bridgehead atoms. The molecule has 0 N–H and O–H groups in total. The summed E-state index contributed by atoms with van der Waals surface area (Å²) in [6.45, 7) is 5.99. The van der Waals surface area contributed by atoms with Gasteiger partial charge >= 0.3 is 0 Å². The van der Waals surface area contributed by atoms with Gasteiger partial charge in [-0.05, 0) is 30.5 Å². The Balaban J connectivity index is 2.03. The minimum Gasteiger partial charge on any atom is -0.485 e. The number of ketones is 1. The fourth-order valence-electron chi connectivity index (χ4n) is 2.65. The van der Waals surface area contributed by atoms with Gasteiger partial charge in [0.2, 0.25) is 0 Å². The first-order valence-corrected chi connectivity index (χ1v) is 5.62. The molecule has 0 saturated heterocycles. The highest BCUT2D eigenvalue weighted by Crippen LogP contribution is 2.39. The Morgan fingerprint density at radius 2 is 2.25 bits per heavy atom. The molecule has 3 rings (SSSR count). The molecule has 0 spiro atoms. The Morgan fingerprint density at radius 3 is 3.06 bits per heavy atom. The summed E-state index contributed by atoms with van der Waals surface area (Å²) in [6, 6.07) is 6.15. The minimum atomic E-state index is -0.0808. The normalized spacial score (nSPS) is 27.3. The summed E-state index contributed by atoms with van der Waals surface area (Å²) in [5, 5.41) is 0. The van der Waals surface area contributed by atoms with E-state index in [4.69, 9.17) is 4.74 Å². The number of aryl methyl sites for hydroxylation is 1. The topological polar surface area (TPSA) is 26.3 Å². The zero-order valence-electron chi connectivity index (χ0n) is 9.32. The van der Waals surface area contributed by atoms with Crippen molar-refractivity contribution in [3.63, 3.8) is 0 Å². The second kappa shape index (κ2) is 3.21. The summed E-state index contributed by atoms with van der Waals surface area (Å²) in [7, 11) is 0. The third-order valence-electron chi connectivity index (χ3n) is 3.49. The second-order valence-corrected chi connectivity index (χ2v) is 4.76. The number of carbonyl (C=O) groups is 1. The second-order valence-electron chi connectivity index (χ2n) is 4.76. The molecule has 1 aliphatic carbocycles. The maximum Gasteiger partial charge on any atom is 0.144 e. The highest BCUT2D eigenvalue weighted by Gasteiger charge is 2.42. The van der Waals surface area contributed by atoms with E-state index in [-0.39, 0.29) is 17.8 Å². The Kier molecular flexibility index (Phi) is 1.93. The van der Waals surface area contributed by atoms with Gasteiger partial charge in [-0.2, -0.15) is 0 Å². The van der Waals surface area contributed by atoms with E-state index in [1.54, 1.807) is 0 Å². The van der Waals surface area contributed by atoms with E-state index in [9.17, 15) is 4.79 Å². The average molecular weight is 214 g/mol. The highest BCUT2D eigenvalue weighted by atomic mass is 16.5. The minimum absolute atomic E-state index is 0.00167. The number of ether oxygens (including phenoxy) is 1. The Hall–Kier alpha value is -1.57. The number of hydrogen-bond acceptors (Lipinski definition) is 2. The van der Waals surface area contributed by atoms with Crippen molar-refractivity contribution in [1.82, 2.24) is 0 Å². The summed E-state index contributed by atoms with van der Waals surface area (Å²) < 4.78 is 5.87. The molecule has 0 radical (unpaired) electrons. The molecular formula is C14H14O2. The maximum absolute atomic E-state index is 11.8. The van der Waals surface area contributed by atoms with Crippen molar-refractivity contribution in [2.75, 3.05) is 0 Å². The summed E-state index contributed by atoms with van der Waals surface area (Å²) in [4.78, 5) is 11.8. The van der Waals surface area contributed by atoms with E-state index in [2.05, 4.69) is 19.6 Å². The summed E-state index contributed by atoms with van der Waals surface area (Å²) in [6.07, 6.45) is 1.21. The van der Waals surface area contributed by atoms with E-state index in [1.165, 1.54) is 5.56 Å². The number of benzene rings is 1. The average Bonchev–Trinajstić information content (AvgIpc) is 2.52. The molecule has 16 heavy (non-hydrogen) atoms. The van der Waals surface area contributed by atoms with Gasteiger partial charge in [0.05, 0.1) is 5.92 Å². The lowest BCUT2D eigenvalue weighted by molar-refractivity contribution is -0.122. The third kappa shape index (κ3) is 1.29. The van der Waals surface area contributed by atoms with E-state index in [1.807, 2.05) is 12.1 Å². The maximum atomic E-state index is 11.8. The quantitative estimate of drug-likeness (QED) is 0.620. The molecule has 1 heterocycles. The van der Waals surface area contributed by atoms with Crippen LogP contribution in [0.15, 0.2) is 30.4 Å². The van der Waals surface area contributed by atoms with Crippen LogP contribution in [0.3, 0.4) is 0 Å². The predicted molar refractivity (Wildman–Crippen MR) is 61.6 cm³/mol. The molecule has 2 atom stereocenters. The van der Waals surface area contributed by atoms with Crippen LogP contribution in [0.25, 0.3) is 0 Å². The molecule has 2 heteroatoms. The van der Waals surface area contributed by atoms with E-state index in [0.29, 0.717) is 6.42 Å². The van der Waals surface area contributed by atoms with Gasteiger partial charge in [-0.25, -0.2) is 0 Å². The van der Waals surface area contributed by atoms with Crippen LogP contribution in [0.2, 0.25) is 0 Å². The SMILES string of the molecule is C=C1CC(=O)C2Cc3cc(C)ccc3OC12. The number of Topliss-reactive ketones (excluding diaryl/α,β-unsaturated/α-hetero) is 1. The molecule has 2 aliphatic rings. The number of rotatable bonds is 0. The summed E-state index contributed by atoms with van der Waals surface area (Å²) >= 11 is 0. The van der Waals surface area contributed by atoms with Crippen molar-refractivity contribution < 1.29 is 9.53 Å². The van der Waals surface area contributed by atoms with Crippen molar-refractivity contribution >= 4 is 5.78 Å². The van der Waals surface area contributed by atoms with Gasteiger partial charge in [0.15, 0.2) is 0 Å². The first-order valence-electron chi connectivity index (χ1n) is 5.62. The lowest BCUT2D eigenvalue weighted by Crippen LogP contribution is -2.32. The summed E-state index contributed by atoms with van der Waals surface area (Å²) in [5.74, 6) is 1.20. The molecular weight excluding hydrogens is 200 g/mol. The summed E-state index contributed by atoms with van der Waals surface area (Å²) in [5.41, 5.74) is 3.30. The monoisotopic (exact) mass is 214 g/mol. The van der Waals surface area contributed by atoms with Gasteiger partial charge in [0.1, 0.15) is 17.6 Å². The van der Waals surface area contributed by atoms with Gasteiger partial charge in [-0.15, -0.1) is 0 Å². The molecule has 1 aromatic carbocycles. The lowest BCUT2D eigenvalue weighted by Gasteiger charge is -2.28. The van der Waals surface area contributed by atoms with Crippen molar-refractivity contribution in [1.29, 1.82) is 0 Å². The van der Waals surface area contributed by atoms with Crippen LogP contribution in [-0.2, 0) is 11.2 Å². The van der Waals surface area contributed by atoms with Gasteiger partial charge in [-0.3, -0.25) is 4.79 Å². The number of hydrogen-bond donors (Lipinski definition) is 0. The van der Waals surface area contributed by atoms with Gasteiger partial charge in [0.25, 0.3) is 0 Å². The zero-order chi connectivity index (χ0) is 11.3. The fourth-order valence-corrected chi connectivity index (χ4v) is 2.65. The Labute approximate surface area is 94.9 Å². The molecule has 82 valence electrons. The van der Waals surface area contributed by atoms with E-state index >= 15 is 0 Å². The predicted octanol–water partition coefficient (Wildman–Crippen LogP) is 2.44. The third-order valence-corrected chi connectivity index (χ3v) is 3.49. The lowest BCUT2D eigenvalue weighted by atomic mass is 9.91. The number of fused-ring (bicyclic) bond motifs is 2. The first kappa shape index (κ1) is 9.64. The number of carbonyl (C=O) groups excluding carboxylic acids is 1. The van der Waals surface area contributed by atoms with Gasteiger partial charge < -0.3 is 4.74 Å². The van der Waals surface area contributed by atoms with Crippen LogP contribution in [-0.4, -0.2) is 11.9 Å². The van der Waals surface area contributed by atoms with Crippen molar-refractivity contribution in [3.8, 4) is 5.75 Å². The van der Waals surface area contributed by atoms with Crippen LogP contribution in [0.1, 0.15) is 17.5 Å². The molecule has 1 aromatic rings. The van der Waals surface area contributed by atoms with Crippen LogP contribution in [0.5, 0.6) is 5.75 Å². The first-order chi connectivity index (χ1) is 7.65. The highest BCUT2D eigenvalue weighted by molar-refractivity contribution is 5.88. The molecule has 1 aliphatic heterocycles. The van der Waals surface area contributed by atoms with Crippen LogP contribution >= 0.6 is 0 Å². The van der Waals surface area contributed by atoms with Crippen molar-refractivity contribution in [3.05, 3.63) is 41.5 Å². The molecule has 1 fully saturated rings. The van der Waals surface area contributed by atoms with Crippen molar-refractivity contribution in [2.45, 2.75) is 25.9 Å². The van der Waals surface area contributed by atoms with Crippen LogP contribution in [0, 0.1) is 12.8 Å². The molecule has 2 unspecified atom stereocenters. The Morgan fingerprint density at radius 1 is 1.44 bits per heavy atom. The largest absolute Gasteiger partial charge is 0.485 e. The standard InChI is InChI=1S/C14H14O2/c1-8-3-4-13-10(5-8)7-11-12(15)6-9(2)14(11)16-13/h3-5,11,14H,2,6-7H2,1H3. The molecule has 0 amide bonds. The van der Waals surface area contributed by atoms with Crippen LogP contribution in [0.4, 0.5) is 0 Å². The fraction of sp³-hybridized carbons (Fsp3) is 0.357. The van der Waals surface area contributed by atoms with E-state index in [0.717, 1.165) is 23.3 Å². The molecule has 2 nitrogen and oxygen atoms in total. The zero-order valence-corrected chi connectivity index (χ0v) is 9.32. The molecule has 1 saturated carbocycles.